The summed E-state index contributed by atoms with van der Waals surface area (Å²) < 4.78 is 1.08. The van der Waals surface area contributed by atoms with Crippen LogP contribution in [0.2, 0.25) is 0 Å². The van der Waals surface area contributed by atoms with Gasteiger partial charge in [0.25, 0.3) is 0 Å². The maximum absolute atomic E-state index is 12.2. The van der Waals surface area contributed by atoms with E-state index in [-0.39, 0.29) is 18.4 Å². The number of benzene rings is 1. The van der Waals surface area contributed by atoms with E-state index in [4.69, 9.17) is 0 Å². The highest BCUT2D eigenvalue weighted by molar-refractivity contribution is 9.10. The Bertz CT molecular complexity index is 563. The first kappa shape index (κ1) is 16.4. The molecule has 1 heterocycles. The van der Waals surface area contributed by atoms with Gasteiger partial charge in [0.15, 0.2) is 0 Å². The summed E-state index contributed by atoms with van der Waals surface area (Å²) in [6.07, 6.45) is 0.818. The zero-order valence-electron chi connectivity index (χ0n) is 12.2. The summed E-state index contributed by atoms with van der Waals surface area (Å²) in [5.74, 6) is 0.327. The van der Waals surface area contributed by atoms with Gasteiger partial charge in [-0.1, -0.05) is 15.9 Å². The first-order chi connectivity index (χ1) is 9.97. The first-order valence-electron chi connectivity index (χ1n) is 6.91. The molecular weight excluding hydrogens is 352 g/mol. The van der Waals surface area contributed by atoms with Gasteiger partial charge in [-0.3, -0.25) is 9.59 Å². The summed E-state index contributed by atoms with van der Waals surface area (Å²) in [5, 5.41) is 2.78. The largest absolute Gasteiger partial charge is 0.354 e. The fourth-order valence-corrected chi connectivity index (χ4v) is 3.63. The third kappa shape index (κ3) is 4.48. The molecule has 0 bridgehead atoms. The zero-order valence-corrected chi connectivity index (χ0v) is 14.6. The van der Waals surface area contributed by atoms with Crippen LogP contribution in [0.4, 0.5) is 0 Å². The van der Waals surface area contributed by atoms with Crippen molar-refractivity contribution >= 4 is 39.5 Å². The number of hydrogen-bond donors (Lipinski definition) is 1. The van der Waals surface area contributed by atoms with Crippen molar-refractivity contribution in [2.75, 3.05) is 25.4 Å². The number of thioether (sulfide) groups is 1. The Labute approximate surface area is 137 Å². The molecule has 0 aliphatic carbocycles. The molecule has 1 saturated heterocycles. The second-order valence-electron chi connectivity index (χ2n) is 5.17. The third-order valence-corrected chi connectivity index (χ3v) is 5.42. The fraction of sp³-hybridized carbons (Fsp3) is 0.467. The van der Waals surface area contributed by atoms with Gasteiger partial charge < -0.3 is 10.2 Å². The van der Waals surface area contributed by atoms with E-state index in [2.05, 4.69) is 33.4 Å². The van der Waals surface area contributed by atoms with E-state index in [0.717, 1.165) is 26.9 Å². The van der Waals surface area contributed by atoms with Crippen LogP contribution in [0.5, 0.6) is 0 Å². The Balaban J connectivity index is 1.97. The van der Waals surface area contributed by atoms with Gasteiger partial charge in [-0.05, 0) is 43.5 Å². The van der Waals surface area contributed by atoms with Gasteiger partial charge in [-0.25, -0.2) is 0 Å². The van der Waals surface area contributed by atoms with Crippen LogP contribution in [0.15, 0.2) is 21.5 Å². The molecule has 1 fully saturated rings. The molecule has 2 rings (SSSR count). The molecule has 1 aliphatic heterocycles. The Hall–Kier alpha value is -1.01. The van der Waals surface area contributed by atoms with E-state index in [9.17, 15) is 9.59 Å². The number of carbonyl (C=O) groups is 2. The van der Waals surface area contributed by atoms with Gasteiger partial charge in [0.1, 0.15) is 0 Å². The van der Waals surface area contributed by atoms with Gasteiger partial charge in [0, 0.05) is 22.5 Å². The minimum atomic E-state index is -0.0680. The smallest absolute Gasteiger partial charge is 0.239 e. The van der Waals surface area contributed by atoms with E-state index in [1.54, 1.807) is 4.90 Å². The highest BCUT2D eigenvalue weighted by Crippen LogP contribution is 2.28. The Morgan fingerprint density at radius 2 is 2.14 bits per heavy atom. The minimum Gasteiger partial charge on any atom is -0.354 e. The number of amides is 2. The monoisotopic (exact) mass is 370 g/mol. The molecule has 6 heteroatoms. The lowest BCUT2D eigenvalue weighted by Gasteiger charge is -2.19. The van der Waals surface area contributed by atoms with Gasteiger partial charge in [0.2, 0.25) is 11.8 Å². The quantitative estimate of drug-likeness (QED) is 0.831. The van der Waals surface area contributed by atoms with E-state index in [1.807, 2.05) is 13.8 Å². The van der Waals surface area contributed by atoms with Crippen molar-refractivity contribution in [3.63, 3.8) is 0 Å². The number of carbonyl (C=O) groups excluding carboxylic acids is 2. The second-order valence-corrected chi connectivity index (χ2v) is 7.05. The topological polar surface area (TPSA) is 49.4 Å². The Morgan fingerprint density at radius 3 is 2.90 bits per heavy atom. The molecule has 1 aromatic rings. The summed E-state index contributed by atoms with van der Waals surface area (Å²) >= 11 is 5.05. The number of nitrogens with one attached hydrogen (secondary N) is 1. The molecule has 1 aliphatic rings. The van der Waals surface area contributed by atoms with Crippen LogP contribution in [-0.4, -0.2) is 42.1 Å². The summed E-state index contributed by atoms with van der Waals surface area (Å²) in [6, 6.07) is 4.16. The SMILES string of the molecule is Cc1cc(SCC(=O)N2CCCNC(=O)C2)c(C)cc1Br. The third-order valence-electron chi connectivity index (χ3n) is 3.42. The molecule has 114 valence electrons. The molecule has 0 saturated carbocycles. The van der Waals surface area contributed by atoms with Gasteiger partial charge >= 0.3 is 0 Å². The summed E-state index contributed by atoms with van der Waals surface area (Å²) in [6.45, 7) is 5.56. The highest BCUT2D eigenvalue weighted by Gasteiger charge is 2.19. The maximum atomic E-state index is 12.2. The van der Waals surface area contributed by atoms with E-state index >= 15 is 0 Å². The molecule has 1 aromatic carbocycles. The summed E-state index contributed by atoms with van der Waals surface area (Å²) in [5.41, 5.74) is 2.31. The van der Waals surface area contributed by atoms with E-state index < -0.39 is 0 Å². The van der Waals surface area contributed by atoms with Crippen molar-refractivity contribution in [3.8, 4) is 0 Å². The van der Waals surface area contributed by atoms with Crippen molar-refractivity contribution in [1.29, 1.82) is 0 Å². The number of aryl methyl sites for hydroxylation is 2. The van der Waals surface area contributed by atoms with E-state index in [1.165, 1.54) is 11.8 Å². The highest BCUT2D eigenvalue weighted by atomic mass is 79.9. The van der Waals surface area contributed by atoms with Crippen LogP contribution in [0, 0.1) is 13.8 Å². The molecule has 0 atom stereocenters. The van der Waals surface area contributed by atoms with E-state index in [0.29, 0.717) is 18.8 Å². The molecule has 1 N–H and O–H groups in total. The van der Waals surface area contributed by atoms with Gasteiger partial charge in [0.05, 0.1) is 12.3 Å². The van der Waals surface area contributed by atoms with Crippen molar-refractivity contribution in [2.24, 2.45) is 0 Å². The van der Waals surface area contributed by atoms with Crippen LogP contribution >= 0.6 is 27.7 Å². The number of hydrogen-bond acceptors (Lipinski definition) is 3. The predicted octanol–water partition coefficient (Wildman–Crippen LogP) is 2.51. The average molecular weight is 371 g/mol. The standard InChI is InChI=1S/C15H19BrN2O2S/c1-10-7-13(11(2)6-12(10)16)21-9-15(20)18-5-3-4-17-14(19)8-18/h6-7H,3-5,8-9H2,1-2H3,(H,17,19). The molecule has 2 amide bonds. The lowest BCUT2D eigenvalue weighted by molar-refractivity contribution is -0.133. The molecule has 4 nitrogen and oxygen atoms in total. The molecule has 21 heavy (non-hydrogen) atoms. The minimum absolute atomic E-state index is 0.0250. The normalized spacial score (nSPS) is 15.6. The zero-order chi connectivity index (χ0) is 15.4. The first-order valence-corrected chi connectivity index (χ1v) is 8.69. The summed E-state index contributed by atoms with van der Waals surface area (Å²) in [7, 11) is 0. The second kappa shape index (κ2) is 7.31. The van der Waals surface area contributed by atoms with Crippen molar-refractivity contribution in [1.82, 2.24) is 10.2 Å². The van der Waals surface area contributed by atoms with Crippen LogP contribution in [0.25, 0.3) is 0 Å². The molecule has 0 spiro atoms. The molecular formula is C15H19BrN2O2S. The van der Waals surface area contributed by atoms with Crippen molar-refractivity contribution in [2.45, 2.75) is 25.2 Å². The van der Waals surface area contributed by atoms with Gasteiger partial charge in [-0.15, -0.1) is 11.8 Å². The van der Waals surface area contributed by atoms with Crippen LogP contribution < -0.4 is 5.32 Å². The lowest BCUT2D eigenvalue weighted by atomic mass is 10.2. The van der Waals surface area contributed by atoms with Crippen LogP contribution in [0.1, 0.15) is 17.5 Å². The van der Waals surface area contributed by atoms with Gasteiger partial charge in [-0.2, -0.15) is 0 Å². The van der Waals surface area contributed by atoms with Crippen LogP contribution in [-0.2, 0) is 9.59 Å². The predicted molar refractivity (Wildman–Crippen MR) is 88.5 cm³/mol. The summed E-state index contributed by atoms with van der Waals surface area (Å²) in [4.78, 5) is 26.5. The molecule has 0 unspecified atom stereocenters. The fourth-order valence-electron chi connectivity index (χ4n) is 2.16. The molecule has 0 radical (unpaired) electrons. The Morgan fingerprint density at radius 1 is 1.38 bits per heavy atom. The lowest BCUT2D eigenvalue weighted by Crippen LogP contribution is -2.38. The van der Waals surface area contributed by atoms with Crippen LogP contribution in [0.3, 0.4) is 0 Å². The van der Waals surface area contributed by atoms with Crippen molar-refractivity contribution < 1.29 is 9.59 Å². The number of nitrogens with zero attached hydrogens (tertiary/aromatic N) is 1. The number of halogens is 1. The average Bonchev–Trinajstić information content (AvgIpc) is 2.65. The Kier molecular flexibility index (Phi) is 5.70. The number of rotatable bonds is 3. The molecule has 0 aromatic heterocycles. The van der Waals surface area contributed by atoms with Crippen molar-refractivity contribution in [3.05, 3.63) is 27.7 Å². The maximum Gasteiger partial charge on any atom is 0.239 e.